The van der Waals surface area contributed by atoms with E-state index in [1.54, 1.807) is 24.3 Å². The molecule has 0 atom stereocenters. The molecule has 2 aromatic rings. The average molecular weight is 383 g/mol. The van der Waals surface area contributed by atoms with E-state index < -0.39 is 24.4 Å². The number of methoxy groups -OCH3 is 1. The predicted octanol–water partition coefficient (Wildman–Crippen LogP) is 3.41. The molecule has 6 heteroatoms. The van der Waals surface area contributed by atoms with Gasteiger partial charge in [-0.25, -0.2) is 4.79 Å². The molecule has 0 unspecified atom stereocenters. The van der Waals surface area contributed by atoms with Crippen LogP contribution >= 0.6 is 0 Å². The molecule has 1 N–H and O–H groups in total. The third kappa shape index (κ3) is 5.42. The molecule has 0 aliphatic heterocycles. The third-order valence-electron chi connectivity index (χ3n) is 4.24. The maximum Gasteiger partial charge on any atom is 0.338 e. The minimum atomic E-state index is -0.697. The fourth-order valence-electron chi connectivity index (χ4n) is 2.52. The Labute approximate surface area is 164 Å². The summed E-state index contributed by atoms with van der Waals surface area (Å²) in [6, 6.07) is 11.9. The first-order valence-electron chi connectivity index (χ1n) is 8.88. The Morgan fingerprint density at radius 1 is 0.964 bits per heavy atom. The van der Waals surface area contributed by atoms with Crippen LogP contribution < -0.4 is 10.1 Å². The average Bonchev–Trinajstić information content (AvgIpc) is 2.65. The molecule has 6 nitrogen and oxygen atoms in total. The normalized spacial score (nSPS) is 10.9. The van der Waals surface area contributed by atoms with Gasteiger partial charge >= 0.3 is 5.97 Å². The van der Waals surface area contributed by atoms with Crippen molar-refractivity contribution in [1.82, 2.24) is 5.32 Å². The first kappa shape index (κ1) is 21.2. The van der Waals surface area contributed by atoms with E-state index in [1.807, 2.05) is 19.1 Å². The second kappa shape index (κ2) is 8.69. The fourth-order valence-corrected chi connectivity index (χ4v) is 2.52. The second-order valence-electron chi connectivity index (χ2n) is 7.47. The molecule has 2 amide bonds. The fraction of sp³-hybridized carbons (Fsp3) is 0.318. The predicted molar refractivity (Wildman–Crippen MR) is 106 cm³/mol. The summed E-state index contributed by atoms with van der Waals surface area (Å²) in [6.45, 7) is 7.51. The lowest BCUT2D eigenvalue weighted by atomic mass is 9.87. The van der Waals surface area contributed by atoms with Crippen LogP contribution in [0.3, 0.4) is 0 Å². The summed E-state index contributed by atoms with van der Waals surface area (Å²) in [7, 11) is 1.50. The van der Waals surface area contributed by atoms with Crippen LogP contribution in [0.1, 0.15) is 52.6 Å². The maximum absolute atomic E-state index is 12.2. The summed E-state index contributed by atoms with van der Waals surface area (Å²) in [4.78, 5) is 36.2. The number of amides is 2. The Balaban J connectivity index is 1.91. The largest absolute Gasteiger partial charge is 0.496 e. The lowest BCUT2D eigenvalue weighted by Gasteiger charge is -2.19. The molecule has 0 bridgehead atoms. The molecule has 0 aliphatic carbocycles. The van der Waals surface area contributed by atoms with E-state index in [-0.39, 0.29) is 11.0 Å². The Morgan fingerprint density at radius 2 is 1.57 bits per heavy atom. The summed E-state index contributed by atoms with van der Waals surface area (Å²) in [6.07, 6.45) is 0. The van der Waals surface area contributed by atoms with Gasteiger partial charge < -0.3 is 9.47 Å². The van der Waals surface area contributed by atoms with Crippen LogP contribution in [0.5, 0.6) is 5.75 Å². The van der Waals surface area contributed by atoms with Crippen LogP contribution in [0.15, 0.2) is 42.5 Å². The number of nitrogens with one attached hydrogen (secondary N) is 1. The van der Waals surface area contributed by atoms with Crippen molar-refractivity contribution < 1.29 is 23.9 Å². The summed E-state index contributed by atoms with van der Waals surface area (Å²) in [5, 5.41) is 2.21. The van der Waals surface area contributed by atoms with Gasteiger partial charge in [0, 0.05) is 5.56 Å². The van der Waals surface area contributed by atoms with Crippen LogP contribution in [0.4, 0.5) is 0 Å². The van der Waals surface area contributed by atoms with E-state index in [0.29, 0.717) is 11.3 Å². The quantitative estimate of drug-likeness (QED) is 0.800. The molecule has 0 radical (unpaired) electrons. The van der Waals surface area contributed by atoms with Crippen LogP contribution in [-0.2, 0) is 14.9 Å². The number of rotatable bonds is 5. The Kier molecular flexibility index (Phi) is 6.57. The van der Waals surface area contributed by atoms with E-state index in [9.17, 15) is 14.4 Å². The minimum absolute atomic E-state index is 0.0301. The zero-order chi connectivity index (χ0) is 20.9. The number of esters is 1. The number of aryl methyl sites for hydroxylation is 1. The SMILES string of the molecule is COc1cc(C(=O)OCC(=O)NC(=O)c2ccc(C(C)(C)C)cc2)ccc1C. The first-order chi connectivity index (χ1) is 13.1. The van der Waals surface area contributed by atoms with Gasteiger partial charge in [-0.15, -0.1) is 0 Å². The smallest absolute Gasteiger partial charge is 0.338 e. The summed E-state index contributed by atoms with van der Waals surface area (Å²) in [5.41, 5.74) is 2.55. The number of ether oxygens (including phenoxy) is 2. The summed E-state index contributed by atoms with van der Waals surface area (Å²) >= 11 is 0. The van der Waals surface area contributed by atoms with Crippen molar-refractivity contribution in [3.8, 4) is 5.75 Å². The number of hydrogen-bond donors (Lipinski definition) is 1. The van der Waals surface area contributed by atoms with Crippen LogP contribution in [0, 0.1) is 6.92 Å². The topological polar surface area (TPSA) is 81.7 Å². The molecule has 0 aliphatic rings. The molecule has 0 saturated heterocycles. The highest BCUT2D eigenvalue weighted by Gasteiger charge is 2.17. The van der Waals surface area contributed by atoms with Crippen molar-refractivity contribution in [2.75, 3.05) is 13.7 Å². The highest BCUT2D eigenvalue weighted by atomic mass is 16.5. The third-order valence-corrected chi connectivity index (χ3v) is 4.24. The van der Waals surface area contributed by atoms with Gasteiger partial charge in [0.15, 0.2) is 6.61 Å². The molecule has 2 aromatic carbocycles. The van der Waals surface area contributed by atoms with Gasteiger partial charge in [-0.3, -0.25) is 14.9 Å². The van der Waals surface area contributed by atoms with Gasteiger partial charge in [0.1, 0.15) is 5.75 Å². The molecule has 148 valence electrons. The van der Waals surface area contributed by atoms with Crippen LogP contribution in [0.25, 0.3) is 0 Å². The highest BCUT2D eigenvalue weighted by molar-refractivity contribution is 6.05. The number of imide groups is 1. The van der Waals surface area contributed by atoms with Crippen LogP contribution in [-0.4, -0.2) is 31.5 Å². The van der Waals surface area contributed by atoms with E-state index in [0.717, 1.165) is 11.1 Å². The van der Waals surface area contributed by atoms with Crippen molar-refractivity contribution in [2.45, 2.75) is 33.1 Å². The molecule has 0 fully saturated rings. The van der Waals surface area contributed by atoms with Gasteiger partial charge in [0.25, 0.3) is 11.8 Å². The van der Waals surface area contributed by atoms with Gasteiger partial charge in [-0.05, 0) is 47.7 Å². The second-order valence-corrected chi connectivity index (χ2v) is 7.47. The number of benzene rings is 2. The van der Waals surface area contributed by atoms with Crippen molar-refractivity contribution in [3.05, 3.63) is 64.7 Å². The Morgan fingerprint density at radius 3 is 2.14 bits per heavy atom. The van der Waals surface area contributed by atoms with E-state index in [2.05, 4.69) is 26.1 Å². The molecule has 2 rings (SSSR count). The molecule has 0 aromatic heterocycles. The molecule has 0 heterocycles. The first-order valence-corrected chi connectivity index (χ1v) is 8.88. The van der Waals surface area contributed by atoms with Crippen molar-refractivity contribution in [2.24, 2.45) is 0 Å². The minimum Gasteiger partial charge on any atom is -0.496 e. The number of carbonyl (C=O) groups is 3. The van der Waals surface area contributed by atoms with Crippen molar-refractivity contribution in [3.63, 3.8) is 0 Å². The van der Waals surface area contributed by atoms with E-state index in [4.69, 9.17) is 9.47 Å². The molecule has 0 saturated carbocycles. The van der Waals surface area contributed by atoms with Crippen LogP contribution in [0.2, 0.25) is 0 Å². The number of carbonyl (C=O) groups excluding carboxylic acids is 3. The zero-order valence-corrected chi connectivity index (χ0v) is 16.8. The zero-order valence-electron chi connectivity index (χ0n) is 16.8. The van der Waals surface area contributed by atoms with E-state index >= 15 is 0 Å². The maximum atomic E-state index is 12.2. The standard InChI is InChI=1S/C22H25NO5/c1-14-6-7-16(12-18(14)27-5)21(26)28-13-19(24)23-20(25)15-8-10-17(11-9-15)22(2,3)4/h6-12H,13H2,1-5H3,(H,23,24,25). The molecule has 0 spiro atoms. The summed E-state index contributed by atoms with van der Waals surface area (Å²) in [5.74, 6) is -1.36. The highest BCUT2D eigenvalue weighted by Crippen LogP contribution is 2.22. The number of hydrogen-bond acceptors (Lipinski definition) is 5. The van der Waals surface area contributed by atoms with Crippen molar-refractivity contribution >= 4 is 17.8 Å². The lowest BCUT2D eigenvalue weighted by Crippen LogP contribution is -2.34. The Hall–Kier alpha value is -3.15. The van der Waals surface area contributed by atoms with Gasteiger partial charge in [0.2, 0.25) is 0 Å². The summed E-state index contributed by atoms with van der Waals surface area (Å²) < 4.78 is 10.1. The monoisotopic (exact) mass is 383 g/mol. The van der Waals surface area contributed by atoms with Crippen molar-refractivity contribution in [1.29, 1.82) is 0 Å². The van der Waals surface area contributed by atoms with Gasteiger partial charge in [-0.1, -0.05) is 39.0 Å². The molecular formula is C22H25NO5. The van der Waals surface area contributed by atoms with Gasteiger partial charge in [-0.2, -0.15) is 0 Å². The molecular weight excluding hydrogens is 358 g/mol. The lowest BCUT2D eigenvalue weighted by molar-refractivity contribution is -0.123. The van der Waals surface area contributed by atoms with E-state index in [1.165, 1.54) is 13.2 Å². The Bertz CT molecular complexity index is 879. The molecule has 28 heavy (non-hydrogen) atoms. The van der Waals surface area contributed by atoms with Gasteiger partial charge in [0.05, 0.1) is 12.7 Å².